The van der Waals surface area contributed by atoms with Crippen molar-refractivity contribution >= 4 is 22.9 Å². The van der Waals surface area contributed by atoms with E-state index in [-0.39, 0.29) is 11.7 Å². The molecule has 192 valence electrons. The molecule has 36 heavy (non-hydrogen) atoms. The van der Waals surface area contributed by atoms with Gasteiger partial charge >= 0.3 is 0 Å². The minimum atomic E-state index is -0.283. The van der Waals surface area contributed by atoms with E-state index in [9.17, 15) is 9.18 Å². The van der Waals surface area contributed by atoms with E-state index in [0.29, 0.717) is 17.9 Å². The zero-order valence-corrected chi connectivity index (χ0v) is 21.6. The van der Waals surface area contributed by atoms with Gasteiger partial charge in [0.1, 0.15) is 12.1 Å². The van der Waals surface area contributed by atoms with Crippen LogP contribution in [-0.2, 0) is 17.6 Å². The molecule has 0 aliphatic carbocycles. The summed E-state index contributed by atoms with van der Waals surface area (Å²) in [4.78, 5) is 16.1. The molecule has 3 heterocycles. The summed E-state index contributed by atoms with van der Waals surface area (Å²) in [5.41, 5.74) is 7.13. The average Bonchev–Trinajstić information content (AvgIpc) is 3.30. The van der Waals surface area contributed by atoms with E-state index in [4.69, 9.17) is 4.52 Å². The highest BCUT2D eigenvalue weighted by atomic mass is 19.1. The number of benzene rings is 2. The number of aryl methyl sites for hydroxylation is 2. The predicted octanol–water partition coefficient (Wildman–Crippen LogP) is 6.24. The number of hydrogen-bond acceptors (Lipinski definition) is 5. The number of rotatable bonds is 9. The highest BCUT2D eigenvalue weighted by molar-refractivity contribution is 5.79. The lowest BCUT2D eigenvalue weighted by Crippen LogP contribution is -2.33. The monoisotopic (exact) mass is 491 g/mol. The fourth-order valence-corrected chi connectivity index (χ4v) is 6.17. The van der Waals surface area contributed by atoms with E-state index >= 15 is 0 Å². The second-order valence-corrected chi connectivity index (χ2v) is 10.8. The summed E-state index contributed by atoms with van der Waals surface area (Å²) >= 11 is 0. The van der Waals surface area contributed by atoms with Crippen molar-refractivity contribution in [2.75, 3.05) is 38.1 Å². The standard InChI is InChI=1S/C30H38FN3O2/c1-21(12-17-35)27-19-22(18-24-7-5-13-33(2)30(24)27)6-3-4-14-34-15-10-23(11-16-34)29-26-9-8-25(31)20-28(26)36-32-29/h8-9,17-21,23H,3-7,10-16H2,1-2H3. The largest absolute Gasteiger partial charge is 0.374 e. The number of halogens is 1. The summed E-state index contributed by atoms with van der Waals surface area (Å²) in [6.45, 7) is 6.53. The smallest absolute Gasteiger partial charge is 0.170 e. The van der Waals surface area contributed by atoms with Gasteiger partial charge in [-0.3, -0.25) is 0 Å². The summed E-state index contributed by atoms with van der Waals surface area (Å²) in [7, 11) is 2.18. The fourth-order valence-electron chi connectivity index (χ4n) is 6.17. The first-order valence-corrected chi connectivity index (χ1v) is 13.6. The van der Waals surface area contributed by atoms with Gasteiger partial charge < -0.3 is 19.1 Å². The van der Waals surface area contributed by atoms with Crippen LogP contribution in [0.2, 0.25) is 0 Å². The van der Waals surface area contributed by atoms with Crippen LogP contribution in [0.25, 0.3) is 11.0 Å². The van der Waals surface area contributed by atoms with Crippen molar-refractivity contribution in [2.24, 2.45) is 0 Å². The Balaban J connectivity index is 1.13. The van der Waals surface area contributed by atoms with Crippen LogP contribution in [0, 0.1) is 5.82 Å². The number of carbonyl (C=O) groups is 1. The summed E-state index contributed by atoms with van der Waals surface area (Å²) < 4.78 is 18.8. The number of aldehydes is 1. The van der Waals surface area contributed by atoms with Gasteiger partial charge in [-0.1, -0.05) is 24.2 Å². The fraction of sp³-hybridized carbons (Fsp3) is 0.533. The molecule has 0 spiro atoms. The summed E-state index contributed by atoms with van der Waals surface area (Å²) in [5.74, 6) is 0.363. The third-order valence-corrected chi connectivity index (χ3v) is 8.21. The first-order chi connectivity index (χ1) is 17.5. The van der Waals surface area contributed by atoms with Crippen LogP contribution < -0.4 is 4.90 Å². The van der Waals surface area contributed by atoms with E-state index in [1.807, 2.05) is 0 Å². The molecule has 0 radical (unpaired) electrons. The predicted molar refractivity (Wildman–Crippen MR) is 142 cm³/mol. The second-order valence-electron chi connectivity index (χ2n) is 10.8. The molecule has 1 fully saturated rings. The van der Waals surface area contributed by atoms with Gasteiger partial charge in [-0.25, -0.2) is 4.39 Å². The maximum absolute atomic E-state index is 13.5. The second kappa shape index (κ2) is 11.1. The van der Waals surface area contributed by atoms with E-state index in [1.54, 1.807) is 6.07 Å². The number of anilines is 1. The molecule has 3 aromatic rings. The Bertz CT molecular complexity index is 1200. The molecule has 5 rings (SSSR count). The molecule has 6 heteroatoms. The van der Waals surface area contributed by atoms with Gasteiger partial charge in [-0.2, -0.15) is 0 Å². The van der Waals surface area contributed by atoms with Crippen molar-refractivity contribution in [1.29, 1.82) is 0 Å². The molecule has 0 amide bonds. The SMILES string of the molecule is CC(CC=O)c1cc(CCCCN2CCC(c3noc4cc(F)ccc34)CC2)cc2c1N(C)CCC2. The lowest BCUT2D eigenvalue weighted by Gasteiger charge is -2.32. The van der Waals surface area contributed by atoms with Crippen LogP contribution in [0.15, 0.2) is 34.9 Å². The highest BCUT2D eigenvalue weighted by Crippen LogP contribution is 2.37. The van der Waals surface area contributed by atoms with Crippen LogP contribution in [0.1, 0.15) is 79.7 Å². The minimum absolute atomic E-state index is 0.263. The van der Waals surface area contributed by atoms with Gasteiger partial charge in [0.25, 0.3) is 0 Å². The molecule has 1 atom stereocenters. The quantitative estimate of drug-likeness (QED) is 0.262. The number of fused-ring (bicyclic) bond motifs is 2. The molecule has 5 nitrogen and oxygen atoms in total. The molecule has 1 aromatic heterocycles. The minimum Gasteiger partial charge on any atom is -0.374 e. The first kappa shape index (κ1) is 24.9. The topological polar surface area (TPSA) is 49.6 Å². The maximum atomic E-state index is 13.5. The zero-order valence-electron chi connectivity index (χ0n) is 21.6. The van der Waals surface area contributed by atoms with Gasteiger partial charge in [0, 0.05) is 43.1 Å². The van der Waals surface area contributed by atoms with Crippen molar-refractivity contribution in [1.82, 2.24) is 10.1 Å². The normalized spacial score (nSPS) is 17.9. The molecule has 1 unspecified atom stereocenters. The number of likely N-dealkylation sites (tertiary alicyclic amines) is 1. The van der Waals surface area contributed by atoms with E-state index in [1.165, 1.54) is 53.8 Å². The van der Waals surface area contributed by atoms with Crippen molar-refractivity contribution in [3.8, 4) is 0 Å². The van der Waals surface area contributed by atoms with Crippen LogP contribution in [0.4, 0.5) is 10.1 Å². The molecular formula is C30H38FN3O2. The third-order valence-electron chi connectivity index (χ3n) is 8.21. The lowest BCUT2D eigenvalue weighted by molar-refractivity contribution is -0.108. The summed E-state index contributed by atoms with van der Waals surface area (Å²) in [5, 5.41) is 5.23. The van der Waals surface area contributed by atoms with Crippen molar-refractivity contribution in [2.45, 2.75) is 70.1 Å². The molecule has 2 aliphatic heterocycles. The van der Waals surface area contributed by atoms with Crippen LogP contribution in [0.3, 0.4) is 0 Å². The first-order valence-electron chi connectivity index (χ1n) is 13.6. The Hall–Kier alpha value is -2.73. The van der Waals surface area contributed by atoms with Gasteiger partial charge in [0.05, 0.1) is 5.69 Å². The Morgan fingerprint density at radius 1 is 1.17 bits per heavy atom. The van der Waals surface area contributed by atoms with Gasteiger partial charge in [-0.15, -0.1) is 0 Å². The molecule has 0 saturated carbocycles. The van der Waals surface area contributed by atoms with E-state index < -0.39 is 0 Å². The summed E-state index contributed by atoms with van der Waals surface area (Å²) in [6.07, 6.45) is 9.56. The maximum Gasteiger partial charge on any atom is 0.170 e. The van der Waals surface area contributed by atoms with Gasteiger partial charge in [0.2, 0.25) is 0 Å². The number of unbranched alkanes of at least 4 members (excludes halogenated alkanes) is 1. The number of aromatic nitrogens is 1. The molecule has 2 aromatic carbocycles. The number of nitrogens with zero attached hydrogens (tertiary/aromatic N) is 3. The molecule has 0 N–H and O–H groups in total. The Kier molecular flexibility index (Phi) is 7.70. The van der Waals surface area contributed by atoms with Crippen molar-refractivity contribution in [3.05, 3.63) is 58.5 Å². The number of carbonyl (C=O) groups excluding carboxylic acids is 1. The van der Waals surface area contributed by atoms with Gasteiger partial charge in [-0.05, 0) is 99.3 Å². The Morgan fingerprint density at radius 3 is 2.81 bits per heavy atom. The van der Waals surface area contributed by atoms with Crippen LogP contribution in [0.5, 0.6) is 0 Å². The molecule has 2 aliphatic rings. The highest BCUT2D eigenvalue weighted by Gasteiger charge is 2.25. The van der Waals surface area contributed by atoms with Crippen LogP contribution >= 0.6 is 0 Å². The van der Waals surface area contributed by atoms with Gasteiger partial charge in [0.15, 0.2) is 5.58 Å². The van der Waals surface area contributed by atoms with E-state index in [0.717, 1.165) is 69.2 Å². The van der Waals surface area contributed by atoms with Crippen molar-refractivity contribution < 1.29 is 13.7 Å². The Labute approximate surface area is 213 Å². The third kappa shape index (κ3) is 5.34. The van der Waals surface area contributed by atoms with Crippen molar-refractivity contribution in [3.63, 3.8) is 0 Å². The molecule has 0 bridgehead atoms. The van der Waals surface area contributed by atoms with Crippen LogP contribution in [-0.4, -0.2) is 49.6 Å². The number of hydrogen-bond donors (Lipinski definition) is 0. The lowest BCUT2D eigenvalue weighted by atomic mass is 9.87. The summed E-state index contributed by atoms with van der Waals surface area (Å²) in [6, 6.07) is 9.50. The molecular weight excluding hydrogens is 453 g/mol. The zero-order chi connectivity index (χ0) is 25.1. The number of piperidine rings is 1. The van der Waals surface area contributed by atoms with E-state index in [2.05, 4.69) is 41.1 Å². The molecule has 1 saturated heterocycles. The Morgan fingerprint density at radius 2 is 2.00 bits per heavy atom. The average molecular weight is 492 g/mol.